The Morgan fingerprint density at radius 3 is 2.69 bits per heavy atom. The number of rotatable bonds is 4. The lowest BCUT2D eigenvalue weighted by Crippen LogP contribution is -2.31. The molecule has 0 radical (unpaired) electrons. The zero-order valence-electron chi connectivity index (χ0n) is 9.36. The zero-order chi connectivity index (χ0) is 12.0. The minimum Gasteiger partial charge on any atom is -0.399 e. The van der Waals surface area contributed by atoms with Crippen molar-refractivity contribution in [3.8, 4) is 12.3 Å². The number of nitrogens with one attached hydrogen (secondary N) is 1. The van der Waals surface area contributed by atoms with Gasteiger partial charge in [-0.05, 0) is 31.0 Å². The summed E-state index contributed by atoms with van der Waals surface area (Å²) in [5.74, 6) is 2.43. The number of nitrogen functional groups attached to an aromatic ring is 1. The second kappa shape index (κ2) is 5.82. The van der Waals surface area contributed by atoms with Gasteiger partial charge in [-0.1, -0.05) is 18.1 Å². The van der Waals surface area contributed by atoms with E-state index >= 15 is 0 Å². The molecule has 0 heterocycles. The molecule has 0 aliphatic carbocycles. The molecule has 1 aromatic carbocycles. The number of benzene rings is 1. The molecule has 1 amide bonds. The van der Waals surface area contributed by atoms with Crippen LogP contribution in [0.15, 0.2) is 24.3 Å². The van der Waals surface area contributed by atoms with Crippen LogP contribution in [-0.2, 0) is 11.2 Å². The van der Waals surface area contributed by atoms with E-state index in [1.54, 1.807) is 6.92 Å². The summed E-state index contributed by atoms with van der Waals surface area (Å²) >= 11 is 0. The van der Waals surface area contributed by atoms with Gasteiger partial charge in [-0.15, -0.1) is 6.42 Å². The van der Waals surface area contributed by atoms with Gasteiger partial charge in [0, 0.05) is 12.1 Å². The predicted octanol–water partition coefficient (Wildman–Crippen LogP) is 1.34. The predicted molar refractivity (Wildman–Crippen MR) is 65.6 cm³/mol. The van der Waals surface area contributed by atoms with E-state index in [-0.39, 0.29) is 11.9 Å². The molecule has 0 bridgehead atoms. The third-order valence-electron chi connectivity index (χ3n) is 2.25. The molecule has 0 spiro atoms. The molecule has 3 heteroatoms. The summed E-state index contributed by atoms with van der Waals surface area (Å²) in [6.07, 6.45) is 6.30. The Hall–Kier alpha value is -1.95. The molecule has 0 aliphatic heterocycles. The molecule has 0 saturated carbocycles. The van der Waals surface area contributed by atoms with Crippen molar-refractivity contribution in [3.63, 3.8) is 0 Å². The van der Waals surface area contributed by atoms with Gasteiger partial charge in [0.25, 0.3) is 0 Å². The standard InChI is InChI=1S/C13H16N2O/c1-3-10(2)15-13(16)9-6-11-4-7-12(14)8-5-11/h1,4-5,7-8,10H,6,9,14H2,2H3,(H,15,16). The van der Waals surface area contributed by atoms with Crippen LogP contribution in [0.1, 0.15) is 18.9 Å². The minimum absolute atomic E-state index is 0.0257. The van der Waals surface area contributed by atoms with Crippen molar-refractivity contribution in [3.05, 3.63) is 29.8 Å². The molecule has 84 valence electrons. The highest BCUT2D eigenvalue weighted by Gasteiger charge is 2.04. The van der Waals surface area contributed by atoms with Gasteiger partial charge in [-0.3, -0.25) is 4.79 Å². The van der Waals surface area contributed by atoms with Gasteiger partial charge in [-0.25, -0.2) is 0 Å². The summed E-state index contributed by atoms with van der Waals surface area (Å²) in [6.45, 7) is 1.78. The summed E-state index contributed by atoms with van der Waals surface area (Å²) in [5.41, 5.74) is 7.39. The third-order valence-corrected chi connectivity index (χ3v) is 2.25. The second-order valence-corrected chi connectivity index (χ2v) is 3.70. The number of anilines is 1. The molecule has 0 aromatic heterocycles. The van der Waals surface area contributed by atoms with Crippen LogP contribution in [0.25, 0.3) is 0 Å². The maximum absolute atomic E-state index is 11.4. The SMILES string of the molecule is C#CC(C)NC(=O)CCc1ccc(N)cc1. The molecule has 0 saturated heterocycles. The molecular formula is C13H16N2O. The monoisotopic (exact) mass is 216 g/mol. The van der Waals surface area contributed by atoms with E-state index in [4.69, 9.17) is 12.2 Å². The summed E-state index contributed by atoms with van der Waals surface area (Å²) in [7, 11) is 0. The molecular weight excluding hydrogens is 200 g/mol. The van der Waals surface area contributed by atoms with Crippen LogP contribution in [0.2, 0.25) is 0 Å². The summed E-state index contributed by atoms with van der Waals surface area (Å²) < 4.78 is 0. The molecule has 1 unspecified atom stereocenters. The maximum Gasteiger partial charge on any atom is 0.221 e. The van der Waals surface area contributed by atoms with Gasteiger partial charge in [0.1, 0.15) is 0 Å². The van der Waals surface area contributed by atoms with Crippen LogP contribution in [0, 0.1) is 12.3 Å². The van der Waals surface area contributed by atoms with Gasteiger partial charge in [0.2, 0.25) is 5.91 Å². The van der Waals surface area contributed by atoms with Gasteiger partial charge in [0.15, 0.2) is 0 Å². The number of hydrogen-bond donors (Lipinski definition) is 2. The van der Waals surface area contributed by atoms with E-state index in [0.29, 0.717) is 12.8 Å². The van der Waals surface area contributed by atoms with Crippen molar-refractivity contribution in [1.29, 1.82) is 0 Å². The van der Waals surface area contributed by atoms with E-state index < -0.39 is 0 Å². The number of amides is 1. The fourth-order valence-corrected chi connectivity index (χ4v) is 1.30. The largest absolute Gasteiger partial charge is 0.399 e. The number of carbonyl (C=O) groups is 1. The summed E-state index contributed by atoms with van der Waals surface area (Å²) in [4.78, 5) is 11.4. The first kappa shape index (κ1) is 12.1. The van der Waals surface area contributed by atoms with E-state index in [1.165, 1.54) is 0 Å². The highest BCUT2D eigenvalue weighted by Crippen LogP contribution is 2.07. The van der Waals surface area contributed by atoms with Gasteiger partial charge < -0.3 is 11.1 Å². The molecule has 0 aliphatic rings. The highest BCUT2D eigenvalue weighted by molar-refractivity contribution is 5.76. The Labute approximate surface area is 96.0 Å². The van der Waals surface area contributed by atoms with E-state index in [1.807, 2.05) is 24.3 Å². The average molecular weight is 216 g/mol. The van der Waals surface area contributed by atoms with Crippen molar-refractivity contribution < 1.29 is 4.79 Å². The molecule has 3 nitrogen and oxygen atoms in total. The second-order valence-electron chi connectivity index (χ2n) is 3.70. The Kier molecular flexibility index (Phi) is 4.41. The average Bonchev–Trinajstić information content (AvgIpc) is 2.28. The highest BCUT2D eigenvalue weighted by atomic mass is 16.1. The molecule has 16 heavy (non-hydrogen) atoms. The topological polar surface area (TPSA) is 55.1 Å². The Morgan fingerprint density at radius 1 is 1.50 bits per heavy atom. The van der Waals surface area contributed by atoms with Crippen LogP contribution in [0.5, 0.6) is 0 Å². The van der Waals surface area contributed by atoms with Gasteiger partial charge >= 0.3 is 0 Å². The minimum atomic E-state index is -0.209. The normalized spacial score (nSPS) is 11.5. The lowest BCUT2D eigenvalue weighted by Gasteiger charge is -2.07. The molecule has 1 atom stereocenters. The smallest absolute Gasteiger partial charge is 0.221 e. The van der Waals surface area contributed by atoms with Crippen LogP contribution in [0.3, 0.4) is 0 Å². The van der Waals surface area contributed by atoms with Gasteiger partial charge in [0.05, 0.1) is 6.04 Å². The Balaban J connectivity index is 2.38. The van der Waals surface area contributed by atoms with Crippen molar-refractivity contribution in [2.45, 2.75) is 25.8 Å². The van der Waals surface area contributed by atoms with E-state index in [9.17, 15) is 4.79 Å². The number of nitrogens with two attached hydrogens (primary N) is 1. The first-order chi connectivity index (χ1) is 7.61. The molecule has 3 N–H and O–H groups in total. The van der Waals surface area contributed by atoms with E-state index in [2.05, 4.69) is 11.2 Å². The quantitative estimate of drug-likeness (QED) is 0.589. The fraction of sp³-hybridized carbons (Fsp3) is 0.308. The van der Waals surface area contributed by atoms with Gasteiger partial charge in [-0.2, -0.15) is 0 Å². The van der Waals surface area contributed by atoms with Crippen LogP contribution >= 0.6 is 0 Å². The number of aryl methyl sites for hydroxylation is 1. The molecule has 1 aromatic rings. The lowest BCUT2D eigenvalue weighted by molar-refractivity contribution is -0.121. The molecule has 0 fully saturated rings. The van der Waals surface area contributed by atoms with Crippen molar-refractivity contribution >= 4 is 11.6 Å². The Morgan fingerprint density at radius 2 is 2.12 bits per heavy atom. The van der Waals surface area contributed by atoms with Crippen molar-refractivity contribution in [2.24, 2.45) is 0 Å². The molecule has 1 rings (SSSR count). The number of terminal acetylenes is 1. The van der Waals surface area contributed by atoms with E-state index in [0.717, 1.165) is 11.3 Å². The lowest BCUT2D eigenvalue weighted by atomic mass is 10.1. The van der Waals surface area contributed by atoms with Crippen molar-refractivity contribution in [2.75, 3.05) is 5.73 Å². The summed E-state index contributed by atoms with van der Waals surface area (Å²) in [6, 6.07) is 7.30. The third kappa shape index (κ3) is 4.05. The number of hydrogen-bond acceptors (Lipinski definition) is 2. The first-order valence-electron chi connectivity index (χ1n) is 5.21. The first-order valence-corrected chi connectivity index (χ1v) is 5.21. The van der Waals surface area contributed by atoms with Crippen LogP contribution < -0.4 is 11.1 Å². The van der Waals surface area contributed by atoms with Crippen LogP contribution in [-0.4, -0.2) is 11.9 Å². The maximum atomic E-state index is 11.4. The number of carbonyl (C=O) groups excluding carboxylic acids is 1. The fourth-order valence-electron chi connectivity index (χ4n) is 1.30. The van der Waals surface area contributed by atoms with Crippen molar-refractivity contribution in [1.82, 2.24) is 5.32 Å². The van der Waals surface area contributed by atoms with Crippen LogP contribution in [0.4, 0.5) is 5.69 Å². The Bertz CT molecular complexity index is 389. The summed E-state index contributed by atoms with van der Waals surface area (Å²) in [5, 5.41) is 2.71. The zero-order valence-corrected chi connectivity index (χ0v) is 9.36.